The number of carbonyl (C=O) groups excluding carboxylic acids is 4. The van der Waals surface area contributed by atoms with Crippen molar-refractivity contribution >= 4 is 89.2 Å². The van der Waals surface area contributed by atoms with Gasteiger partial charge in [-0.15, -0.1) is 0 Å². The SMILES string of the molecule is CC/C=C\C/C=C\C/C=C\C/C=C\C/C=C\C/C=C\CCC(=O)OC[C@H](COP(=O)([O-])OC[C@H](N)C(=O)O)OC(=O)CC/C=C\C/C=C\C/C=C\C/C=C\C/C=C\C/C=C\CC.CC/C=C\C/C=C\C/C=C\C/C=C\C/C=C\C/C=C\CCC(=O)OC[C@H](COP(=O)([O-])OC[C@H](N)C(=O)O)OC(=O)CC/C=C\C/C=C\C/C=C\C/C=C\C/C=C\C/C=C\CC.[Ca+2]. The number of esters is 4. The molecule has 0 bridgehead atoms. The number of ether oxygens (including phenoxy) is 4. The fourth-order valence-electron chi connectivity index (χ4n) is 9.51. The zero-order valence-corrected chi connectivity index (χ0v) is 78.9. The van der Waals surface area contributed by atoms with Crippen molar-refractivity contribution < 1.29 is 94.9 Å². The molecule has 0 aliphatic rings. The van der Waals surface area contributed by atoms with Gasteiger partial charge < -0.3 is 68.5 Å². The normalized spacial score (nSPS) is 14.9. The Labute approximate surface area is 778 Å². The van der Waals surface area contributed by atoms with Crippen LogP contribution in [-0.4, -0.2) is 148 Å². The van der Waals surface area contributed by atoms with Crippen molar-refractivity contribution in [3.05, 3.63) is 292 Å². The molecule has 0 rings (SSSR count). The quantitative estimate of drug-likeness (QED) is 0.0144. The van der Waals surface area contributed by atoms with E-state index in [1.165, 1.54) is 0 Å². The summed E-state index contributed by atoms with van der Waals surface area (Å²) in [5.41, 5.74) is 10.6. The van der Waals surface area contributed by atoms with Crippen molar-refractivity contribution in [1.82, 2.24) is 0 Å². The topological polar surface area (TPSA) is 349 Å². The zero-order valence-electron chi connectivity index (χ0n) is 74.9. The largest absolute Gasteiger partial charge is 2.00 e. The van der Waals surface area contributed by atoms with Gasteiger partial charge in [0.25, 0.3) is 15.6 Å². The Balaban J connectivity index is -0.00000236. The summed E-state index contributed by atoms with van der Waals surface area (Å²) in [6.45, 7) is 4.47. The van der Waals surface area contributed by atoms with Crippen molar-refractivity contribution in [2.45, 2.75) is 257 Å². The minimum Gasteiger partial charge on any atom is -0.756 e. The third-order valence-electron chi connectivity index (χ3n) is 16.2. The number of carboxylic acids is 2. The van der Waals surface area contributed by atoms with E-state index in [0.717, 1.165) is 128 Å². The Morgan fingerprint density at radius 1 is 0.256 bits per heavy atom. The van der Waals surface area contributed by atoms with Crippen LogP contribution < -0.4 is 21.3 Å². The van der Waals surface area contributed by atoms with Crippen LogP contribution in [0.15, 0.2) is 292 Å². The minimum absolute atomic E-state index is 0. The van der Waals surface area contributed by atoms with Crippen molar-refractivity contribution in [3.8, 4) is 0 Å². The number of phosphoric ester groups is 2. The number of hydrogen-bond donors (Lipinski definition) is 4. The average molecular weight is 1800 g/mol. The van der Waals surface area contributed by atoms with Gasteiger partial charge in [-0.2, -0.15) is 0 Å². The van der Waals surface area contributed by atoms with Crippen LogP contribution in [0.25, 0.3) is 0 Å². The fourth-order valence-corrected chi connectivity index (χ4v) is 11.0. The van der Waals surface area contributed by atoms with Gasteiger partial charge in [-0.25, -0.2) is 0 Å². The van der Waals surface area contributed by atoms with E-state index in [1.807, 2.05) is 72.9 Å². The number of nitrogens with two attached hydrogens (primary N) is 2. The van der Waals surface area contributed by atoms with Gasteiger partial charge in [0, 0.05) is 25.7 Å². The number of allylic oxidation sites excluding steroid dienone is 48. The minimum atomic E-state index is -5.02. The van der Waals surface area contributed by atoms with E-state index < -0.39 is 115 Å². The van der Waals surface area contributed by atoms with Gasteiger partial charge in [0.2, 0.25) is 0 Å². The van der Waals surface area contributed by atoms with Crippen LogP contribution in [0.3, 0.4) is 0 Å². The number of phosphoric acid groups is 2. The number of aliphatic carboxylic acids is 2. The van der Waals surface area contributed by atoms with Crippen LogP contribution >= 0.6 is 15.6 Å². The molecule has 6 N–H and O–H groups in total. The average Bonchev–Trinajstić information content (AvgIpc) is 0.903. The molecule has 0 radical (unpaired) electrons. The predicted octanol–water partition coefficient (Wildman–Crippen LogP) is 22.2. The van der Waals surface area contributed by atoms with Crippen LogP contribution in [0.1, 0.15) is 233 Å². The van der Waals surface area contributed by atoms with Crippen molar-refractivity contribution in [2.24, 2.45) is 11.5 Å². The molecule has 125 heavy (non-hydrogen) atoms. The third-order valence-corrected chi connectivity index (χ3v) is 18.1. The molecule has 22 nitrogen and oxygen atoms in total. The second kappa shape index (κ2) is 93.6. The van der Waals surface area contributed by atoms with Gasteiger partial charge in [-0.05, 0) is 180 Å². The van der Waals surface area contributed by atoms with E-state index in [9.17, 15) is 47.7 Å². The Bertz CT molecular complexity index is 3430. The van der Waals surface area contributed by atoms with Crippen LogP contribution in [0, 0.1) is 0 Å². The summed E-state index contributed by atoms with van der Waals surface area (Å²) >= 11 is 0. The first-order chi connectivity index (χ1) is 60.2. The molecule has 0 heterocycles. The maximum Gasteiger partial charge on any atom is 2.00 e. The van der Waals surface area contributed by atoms with Crippen LogP contribution in [0.2, 0.25) is 0 Å². The van der Waals surface area contributed by atoms with Crippen molar-refractivity contribution in [3.63, 3.8) is 0 Å². The van der Waals surface area contributed by atoms with Gasteiger partial charge in [0.1, 0.15) is 25.3 Å². The van der Waals surface area contributed by atoms with E-state index in [-0.39, 0.29) is 63.4 Å². The van der Waals surface area contributed by atoms with Gasteiger partial charge in [-0.3, -0.25) is 37.9 Å². The molecule has 0 aliphatic carbocycles. The number of carbonyl (C=O) groups is 6. The fraction of sp³-hybridized carbons (Fsp3) is 0.460. The molecule has 0 amide bonds. The Morgan fingerprint density at radius 2 is 0.408 bits per heavy atom. The molecule has 6 atom stereocenters. The van der Waals surface area contributed by atoms with Crippen molar-refractivity contribution in [1.29, 1.82) is 0 Å². The summed E-state index contributed by atoms with van der Waals surface area (Å²) < 4.78 is 64.3. The van der Waals surface area contributed by atoms with E-state index in [2.05, 4.69) is 255 Å². The molecule has 0 saturated heterocycles. The van der Waals surface area contributed by atoms with Gasteiger partial charge >= 0.3 is 73.6 Å². The standard InChI is InChI=1S/2C50H74NO10P.Ca/c2*1-3-5-7-9-11-13-15-17-19-21-23-25-27-29-31-33-35-37-39-41-48(52)58-43-46(44-59-62(56,57)60-45-47(51)50(54)55)61-49(53)42-40-38-36-34-32-30-28-26-24-22-20-18-16-14-12-10-8-6-4-2;/h2*5-8,11-14,17-20,23-26,29-32,35-38,46-47H,3-4,9-10,15-16,21-22,27-28,33-34,39-45,51H2,1-2H3,(H,54,55)(H,56,57);/q;;+2/p-2/b2*7-5-,8-6-,13-11-,14-12-,19-17-,20-18-,25-23-,26-24-,31-29-,32-30-,37-35-,38-36-;/t2*46-,47+;/m11./s1. The smallest absolute Gasteiger partial charge is 0.756 e. The molecule has 0 spiro atoms. The second-order valence-electron chi connectivity index (χ2n) is 27.4. The van der Waals surface area contributed by atoms with E-state index in [1.54, 1.807) is 0 Å². The van der Waals surface area contributed by atoms with Gasteiger partial charge in [0.15, 0.2) is 12.2 Å². The summed E-state index contributed by atoms with van der Waals surface area (Å²) in [6, 6.07) is -3.18. The molecule has 0 fully saturated rings. The summed E-state index contributed by atoms with van der Waals surface area (Å²) in [7, 11) is -10.0. The van der Waals surface area contributed by atoms with Crippen LogP contribution in [0.5, 0.6) is 0 Å². The first kappa shape index (κ1) is 121. The molecule has 688 valence electrons. The first-order valence-corrected chi connectivity index (χ1v) is 46.6. The molecule has 25 heteroatoms. The summed E-state index contributed by atoms with van der Waals surface area (Å²) in [5, 5.41) is 17.7. The number of hydrogen-bond acceptors (Lipinski definition) is 20. The van der Waals surface area contributed by atoms with Gasteiger partial charge in [-0.1, -0.05) is 319 Å². The third kappa shape index (κ3) is 94.9. The molecule has 0 aliphatic heterocycles. The Kier molecular flexibility index (Phi) is 90.7. The van der Waals surface area contributed by atoms with Crippen molar-refractivity contribution in [2.75, 3.05) is 39.6 Å². The molecule has 0 saturated carbocycles. The molecule has 2 unspecified atom stereocenters. The van der Waals surface area contributed by atoms with E-state index >= 15 is 0 Å². The monoisotopic (exact) mass is 1800 g/mol. The Hall–Kier alpha value is -8.02. The van der Waals surface area contributed by atoms with Crippen LogP contribution in [0.4, 0.5) is 0 Å². The van der Waals surface area contributed by atoms with E-state index in [0.29, 0.717) is 51.4 Å². The maximum absolute atomic E-state index is 12.6. The molecular weight excluding hydrogens is 1650 g/mol. The predicted molar refractivity (Wildman–Crippen MR) is 507 cm³/mol. The molecular formula is C100H146CaN2O20P2. The molecule has 0 aromatic heterocycles. The number of rotatable bonds is 76. The Morgan fingerprint density at radius 3 is 0.576 bits per heavy atom. The van der Waals surface area contributed by atoms with Gasteiger partial charge in [0.05, 0.1) is 26.4 Å². The second-order valence-corrected chi connectivity index (χ2v) is 30.2. The molecule has 0 aromatic carbocycles. The zero-order chi connectivity index (χ0) is 91.2. The maximum atomic E-state index is 12.6. The van der Waals surface area contributed by atoms with Crippen LogP contribution in [-0.2, 0) is 74.9 Å². The summed E-state index contributed by atoms with van der Waals surface area (Å²) in [6.07, 6.45) is 121. The first-order valence-electron chi connectivity index (χ1n) is 43.7. The summed E-state index contributed by atoms with van der Waals surface area (Å²) in [4.78, 5) is 96.2. The summed E-state index contributed by atoms with van der Waals surface area (Å²) in [5.74, 6) is -5.36. The van der Waals surface area contributed by atoms with E-state index in [4.69, 9.17) is 49.7 Å². The number of carboxylic acid groups (broad SMARTS) is 2. The molecule has 0 aromatic rings.